The number of hydrogen-bond acceptors (Lipinski definition) is 2. The van der Waals surface area contributed by atoms with Gasteiger partial charge in [-0.05, 0) is 31.2 Å². The molecule has 0 fully saturated rings. The highest BCUT2D eigenvalue weighted by Crippen LogP contribution is 2.17. The second kappa shape index (κ2) is 5.25. The van der Waals surface area contributed by atoms with Gasteiger partial charge in [0.2, 0.25) is 0 Å². The summed E-state index contributed by atoms with van der Waals surface area (Å²) in [5.41, 5.74) is 2.49. The quantitative estimate of drug-likeness (QED) is 0.873. The minimum absolute atomic E-state index is 0.0507. The lowest BCUT2D eigenvalue weighted by Gasteiger charge is -2.04. The van der Waals surface area contributed by atoms with Crippen LogP contribution in [0.4, 0.5) is 0 Å². The minimum Gasteiger partial charge on any atom is -0.352 e. The molecule has 17 heavy (non-hydrogen) atoms. The van der Waals surface area contributed by atoms with Crippen molar-refractivity contribution < 1.29 is 4.79 Å². The van der Waals surface area contributed by atoms with Crippen LogP contribution < -0.4 is 5.32 Å². The zero-order chi connectivity index (χ0) is 12.1. The summed E-state index contributed by atoms with van der Waals surface area (Å²) in [5.74, 6) is -0.0507. The molecule has 0 spiro atoms. The molecule has 86 valence electrons. The molecule has 0 aliphatic rings. The molecule has 1 aromatic heterocycles. The van der Waals surface area contributed by atoms with E-state index in [1.807, 2.05) is 43.3 Å². The van der Waals surface area contributed by atoms with Gasteiger partial charge in [-0.15, -0.1) is 0 Å². The van der Waals surface area contributed by atoms with Crippen LogP contribution in [0.3, 0.4) is 0 Å². The van der Waals surface area contributed by atoms with Crippen LogP contribution in [-0.4, -0.2) is 17.4 Å². The maximum absolute atomic E-state index is 11.7. The van der Waals surface area contributed by atoms with Crippen molar-refractivity contribution in [1.82, 2.24) is 10.3 Å². The number of amides is 1. The highest BCUT2D eigenvalue weighted by molar-refractivity contribution is 5.95. The largest absolute Gasteiger partial charge is 0.352 e. The first-order chi connectivity index (χ1) is 8.31. The van der Waals surface area contributed by atoms with Crippen LogP contribution in [-0.2, 0) is 0 Å². The van der Waals surface area contributed by atoms with Crippen LogP contribution in [0.25, 0.3) is 11.3 Å². The number of hydrogen-bond donors (Lipinski definition) is 1. The number of nitrogens with one attached hydrogen (secondary N) is 1. The summed E-state index contributed by atoms with van der Waals surface area (Å²) in [7, 11) is 0. The van der Waals surface area contributed by atoms with Crippen molar-refractivity contribution in [2.45, 2.75) is 6.92 Å². The second-order valence-corrected chi connectivity index (χ2v) is 3.66. The van der Waals surface area contributed by atoms with Crippen LogP contribution >= 0.6 is 0 Å². The first-order valence-corrected chi connectivity index (χ1v) is 5.61. The average molecular weight is 226 g/mol. The van der Waals surface area contributed by atoms with Gasteiger partial charge in [-0.1, -0.05) is 18.2 Å². The molecule has 0 saturated carbocycles. The zero-order valence-electron chi connectivity index (χ0n) is 9.68. The van der Waals surface area contributed by atoms with Gasteiger partial charge in [-0.2, -0.15) is 0 Å². The van der Waals surface area contributed by atoms with Gasteiger partial charge in [0, 0.05) is 23.9 Å². The highest BCUT2D eigenvalue weighted by atomic mass is 16.1. The number of aromatic nitrogens is 1. The van der Waals surface area contributed by atoms with E-state index in [-0.39, 0.29) is 5.91 Å². The number of nitrogens with zero attached hydrogens (tertiary/aromatic N) is 1. The Kier molecular flexibility index (Phi) is 3.50. The van der Waals surface area contributed by atoms with Crippen LogP contribution in [0.2, 0.25) is 0 Å². The molecule has 0 radical (unpaired) electrons. The van der Waals surface area contributed by atoms with Crippen LogP contribution in [0.5, 0.6) is 0 Å². The Morgan fingerprint density at radius 2 is 2.12 bits per heavy atom. The summed E-state index contributed by atoms with van der Waals surface area (Å²) >= 11 is 0. The van der Waals surface area contributed by atoms with E-state index in [0.717, 1.165) is 11.3 Å². The van der Waals surface area contributed by atoms with Crippen LogP contribution in [0, 0.1) is 0 Å². The fraction of sp³-hybridized carbons (Fsp3) is 0.143. The number of carbonyl (C=O) groups is 1. The smallest absolute Gasteiger partial charge is 0.251 e. The van der Waals surface area contributed by atoms with Gasteiger partial charge in [0.1, 0.15) is 0 Å². The third kappa shape index (κ3) is 2.69. The van der Waals surface area contributed by atoms with Crippen molar-refractivity contribution >= 4 is 5.91 Å². The Morgan fingerprint density at radius 1 is 1.24 bits per heavy atom. The molecular weight excluding hydrogens is 212 g/mol. The number of benzene rings is 1. The fourth-order valence-corrected chi connectivity index (χ4v) is 1.62. The number of carbonyl (C=O) groups excluding carboxylic acids is 1. The van der Waals surface area contributed by atoms with Gasteiger partial charge in [0.05, 0.1) is 5.69 Å². The Morgan fingerprint density at radius 3 is 2.82 bits per heavy atom. The van der Waals surface area contributed by atoms with Crippen molar-refractivity contribution in [3.05, 3.63) is 54.2 Å². The van der Waals surface area contributed by atoms with Crippen molar-refractivity contribution in [1.29, 1.82) is 0 Å². The lowest BCUT2D eigenvalue weighted by molar-refractivity contribution is 0.0956. The molecular formula is C14H14N2O. The molecule has 0 unspecified atom stereocenters. The average Bonchev–Trinajstić information content (AvgIpc) is 2.40. The van der Waals surface area contributed by atoms with E-state index in [9.17, 15) is 4.79 Å². The van der Waals surface area contributed by atoms with E-state index < -0.39 is 0 Å². The molecule has 2 rings (SSSR count). The second-order valence-electron chi connectivity index (χ2n) is 3.66. The van der Waals surface area contributed by atoms with Crippen LogP contribution in [0.1, 0.15) is 17.3 Å². The summed E-state index contributed by atoms with van der Waals surface area (Å²) < 4.78 is 0. The molecule has 1 aromatic carbocycles. The van der Waals surface area contributed by atoms with Gasteiger partial charge < -0.3 is 5.32 Å². The summed E-state index contributed by atoms with van der Waals surface area (Å²) in [6, 6.07) is 13.2. The first kappa shape index (κ1) is 11.3. The number of rotatable bonds is 3. The lowest BCUT2D eigenvalue weighted by Crippen LogP contribution is -2.22. The van der Waals surface area contributed by atoms with Crippen molar-refractivity contribution in [2.75, 3.05) is 6.54 Å². The van der Waals surface area contributed by atoms with Gasteiger partial charge >= 0.3 is 0 Å². The molecule has 1 N–H and O–H groups in total. The molecule has 0 bridgehead atoms. The molecule has 0 aliphatic carbocycles. The van der Waals surface area contributed by atoms with Gasteiger partial charge in [-0.3, -0.25) is 9.78 Å². The molecule has 2 aromatic rings. The Balaban J connectivity index is 2.32. The topological polar surface area (TPSA) is 42.0 Å². The van der Waals surface area contributed by atoms with E-state index in [2.05, 4.69) is 10.3 Å². The molecule has 0 aliphatic heterocycles. The molecule has 3 nitrogen and oxygen atoms in total. The monoisotopic (exact) mass is 226 g/mol. The van der Waals surface area contributed by atoms with E-state index >= 15 is 0 Å². The molecule has 1 amide bonds. The lowest BCUT2D eigenvalue weighted by atomic mass is 10.1. The minimum atomic E-state index is -0.0507. The highest BCUT2D eigenvalue weighted by Gasteiger charge is 2.05. The Labute approximate surface area is 101 Å². The summed E-state index contributed by atoms with van der Waals surface area (Å²) in [6.07, 6.45) is 1.74. The zero-order valence-corrected chi connectivity index (χ0v) is 9.68. The van der Waals surface area contributed by atoms with Gasteiger partial charge in [0.25, 0.3) is 5.91 Å². The maximum atomic E-state index is 11.7. The molecule has 1 heterocycles. The van der Waals surface area contributed by atoms with E-state index in [4.69, 9.17) is 0 Å². The van der Waals surface area contributed by atoms with E-state index in [1.54, 1.807) is 12.3 Å². The standard InChI is InChI=1S/C14H14N2O/c1-2-15-14(17)12-7-5-6-11(10-12)13-8-3-4-9-16-13/h3-10H,2H2,1H3,(H,15,17). The number of pyridine rings is 1. The summed E-state index contributed by atoms with van der Waals surface area (Å²) in [5, 5.41) is 2.78. The normalized spacial score (nSPS) is 9.94. The molecule has 3 heteroatoms. The van der Waals surface area contributed by atoms with Crippen LogP contribution in [0.15, 0.2) is 48.7 Å². The maximum Gasteiger partial charge on any atom is 0.251 e. The van der Waals surface area contributed by atoms with E-state index in [1.165, 1.54) is 0 Å². The van der Waals surface area contributed by atoms with E-state index in [0.29, 0.717) is 12.1 Å². The SMILES string of the molecule is CCNC(=O)c1cccc(-c2ccccn2)c1. The molecule has 0 atom stereocenters. The van der Waals surface area contributed by atoms with Crippen molar-refractivity contribution in [2.24, 2.45) is 0 Å². The Bertz CT molecular complexity index is 509. The summed E-state index contributed by atoms with van der Waals surface area (Å²) in [6.45, 7) is 2.53. The third-order valence-electron chi connectivity index (χ3n) is 2.42. The molecule has 0 saturated heterocycles. The first-order valence-electron chi connectivity index (χ1n) is 5.61. The summed E-state index contributed by atoms with van der Waals surface area (Å²) in [4.78, 5) is 16.0. The van der Waals surface area contributed by atoms with Crippen molar-refractivity contribution in [3.8, 4) is 11.3 Å². The predicted molar refractivity (Wildman–Crippen MR) is 67.7 cm³/mol. The van der Waals surface area contributed by atoms with Gasteiger partial charge in [0.15, 0.2) is 0 Å². The van der Waals surface area contributed by atoms with Crippen molar-refractivity contribution in [3.63, 3.8) is 0 Å². The predicted octanol–water partition coefficient (Wildman–Crippen LogP) is 2.50. The third-order valence-corrected chi connectivity index (χ3v) is 2.42. The Hall–Kier alpha value is -2.16. The fourth-order valence-electron chi connectivity index (χ4n) is 1.62. The van der Waals surface area contributed by atoms with Gasteiger partial charge in [-0.25, -0.2) is 0 Å².